The fourth-order valence-electron chi connectivity index (χ4n) is 4.26. The Bertz CT molecular complexity index is 1750. The van der Waals surface area contributed by atoms with Crippen molar-refractivity contribution in [1.29, 1.82) is 0 Å². The third kappa shape index (κ3) is 5.34. The summed E-state index contributed by atoms with van der Waals surface area (Å²) < 4.78 is 11.1. The summed E-state index contributed by atoms with van der Waals surface area (Å²) in [6, 6.07) is 20.3. The number of esters is 1. The van der Waals surface area contributed by atoms with E-state index < -0.39 is 27.6 Å². The number of hydrogen-bond donors (Lipinski definition) is 0. The third-order valence-electron chi connectivity index (χ3n) is 6.24. The standard InChI is InChI=1S/C29H19N3O9/c1-17-5-12-25(26(13-17)32(38)39)30-27(33)23-11-6-19(15-24(23)28(30)34)29(35)40-16-18-3-2-4-22(14-18)41-21-9-7-20(8-10-21)31(36)37/h2-15H,16H2,1H3. The molecule has 5 rings (SSSR count). The molecule has 4 aromatic rings. The molecule has 1 aliphatic heterocycles. The fourth-order valence-corrected chi connectivity index (χ4v) is 4.26. The van der Waals surface area contributed by atoms with Gasteiger partial charge in [-0.05, 0) is 66.6 Å². The van der Waals surface area contributed by atoms with Crippen LogP contribution in [0.15, 0.2) is 84.9 Å². The minimum absolute atomic E-state index is 0.0116. The molecule has 12 heteroatoms. The van der Waals surface area contributed by atoms with Gasteiger partial charge in [0.25, 0.3) is 23.2 Å². The second-order valence-corrected chi connectivity index (χ2v) is 9.03. The van der Waals surface area contributed by atoms with Crippen molar-refractivity contribution in [1.82, 2.24) is 0 Å². The highest BCUT2D eigenvalue weighted by atomic mass is 16.6. The number of carbonyl (C=O) groups is 3. The van der Waals surface area contributed by atoms with Gasteiger partial charge in [0.15, 0.2) is 0 Å². The maximum atomic E-state index is 13.1. The quantitative estimate of drug-likeness (QED) is 0.114. The highest BCUT2D eigenvalue weighted by molar-refractivity contribution is 6.35. The second kappa shape index (κ2) is 10.7. The lowest BCUT2D eigenvalue weighted by Gasteiger charge is -2.14. The van der Waals surface area contributed by atoms with Crippen LogP contribution in [0.2, 0.25) is 0 Å². The molecule has 0 N–H and O–H groups in total. The normalized spacial score (nSPS) is 12.2. The van der Waals surface area contributed by atoms with Gasteiger partial charge in [-0.25, -0.2) is 9.69 Å². The minimum atomic E-state index is -0.789. The van der Waals surface area contributed by atoms with E-state index in [1.165, 1.54) is 54.6 Å². The van der Waals surface area contributed by atoms with Crippen LogP contribution in [0.3, 0.4) is 0 Å². The predicted octanol–water partition coefficient (Wildman–Crippen LogP) is 5.76. The van der Waals surface area contributed by atoms with E-state index in [0.29, 0.717) is 22.6 Å². The average molecular weight is 553 g/mol. The maximum Gasteiger partial charge on any atom is 0.338 e. The number of nitrogens with zero attached hydrogens (tertiary/aromatic N) is 3. The van der Waals surface area contributed by atoms with Gasteiger partial charge in [0.05, 0.1) is 26.5 Å². The van der Waals surface area contributed by atoms with Crippen LogP contribution in [0, 0.1) is 27.2 Å². The molecule has 41 heavy (non-hydrogen) atoms. The number of nitro groups is 2. The van der Waals surface area contributed by atoms with Crippen LogP contribution >= 0.6 is 0 Å². The van der Waals surface area contributed by atoms with Crippen LogP contribution in [-0.2, 0) is 11.3 Å². The topological polar surface area (TPSA) is 159 Å². The number of aryl methyl sites for hydroxylation is 1. The molecule has 0 unspecified atom stereocenters. The first kappa shape index (κ1) is 26.7. The Labute approximate surface area is 231 Å². The number of carbonyl (C=O) groups excluding carboxylic acids is 3. The van der Waals surface area contributed by atoms with E-state index in [9.17, 15) is 34.6 Å². The lowest BCUT2D eigenvalue weighted by atomic mass is 10.1. The Kier molecular flexibility index (Phi) is 6.96. The fraction of sp³-hybridized carbons (Fsp3) is 0.0690. The van der Waals surface area contributed by atoms with Crippen molar-refractivity contribution in [3.8, 4) is 11.5 Å². The zero-order chi connectivity index (χ0) is 29.3. The van der Waals surface area contributed by atoms with E-state index in [-0.39, 0.29) is 40.4 Å². The molecule has 0 saturated carbocycles. The van der Waals surface area contributed by atoms with Gasteiger partial charge in [0.2, 0.25) is 0 Å². The lowest BCUT2D eigenvalue weighted by molar-refractivity contribution is -0.384. The van der Waals surface area contributed by atoms with E-state index >= 15 is 0 Å². The Morgan fingerprint density at radius 3 is 2.24 bits per heavy atom. The van der Waals surface area contributed by atoms with Crippen molar-refractivity contribution >= 4 is 34.8 Å². The van der Waals surface area contributed by atoms with Gasteiger partial charge in [0.1, 0.15) is 23.8 Å². The summed E-state index contributed by atoms with van der Waals surface area (Å²) in [6.07, 6.45) is 0. The average Bonchev–Trinajstić information content (AvgIpc) is 3.21. The zero-order valence-electron chi connectivity index (χ0n) is 21.3. The summed E-state index contributed by atoms with van der Waals surface area (Å²) in [5.74, 6) is -1.48. The summed E-state index contributed by atoms with van der Waals surface area (Å²) in [7, 11) is 0. The molecule has 12 nitrogen and oxygen atoms in total. The number of nitro benzene ring substituents is 2. The first-order valence-electron chi connectivity index (χ1n) is 12.1. The van der Waals surface area contributed by atoms with Crippen LogP contribution in [0.5, 0.6) is 11.5 Å². The van der Waals surface area contributed by atoms with Crippen LogP contribution in [-0.4, -0.2) is 27.6 Å². The second-order valence-electron chi connectivity index (χ2n) is 9.03. The van der Waals surface area contributed by atoms with E-state index in [1.807, 2.05) is 0 Å². The molecule has 0 aromatic heterocycles. The first-order chi connectivity index (χ1) is 19.6. The number of anilines is 1. The SMILES string of the molecule is Cc1ccc(N2C(=O)c3ccc(C(=O)OCc4cccc(Oc5ccc([N+](=O)[O-])cc5)c4)cc3C2=O)c([N+](=O)[O-])c1. The third-order valence-corrected chi connectivity index (χ3v) is 6.24. The number of ether oxygens (including phenoxy) is 2. The van der Waals surface area contributed by atoms with Crippen molar-refractivity contribution in [2.24, 2.45) is 0 Å². The van der Waals surface area contributed by atoms with Crippen molar-refractivity contribution in [2.45, 2.75) is 13.5 Å². The molecule has 0 spiro atoms. The van der Waals surface area contributed by atoms with Crippen molar-refractivity contribution in [3.05, 3.63) is 133 Å². The Morgan fingerprint density at radius 2 is 1.54 bits per heavy atom. The summed E-state index contributed by atoms with van der Waals surface area (Å²) in [5.41, 5.74) is 0.512. The van der Waals surface area contributed by atoms with E-state index in [1.54, 1.807) is 37.3 Å². The Hall–Kier alpha value is -5.91. The molecule has 0 radical (unpaired) electrons. The number of hydrogen-bond acceptors (Lipinski definition) is 9. The largest absolute Gasteiger partial charge is 0.457 e. The zero-order valence-corrected chi connectivity index (χ0v) is 21.3. The van der Waals surface area contributed by atoms with Gasteiger partial charge >= 0.3 is 5.97 Å². The monoisotopic (exact) mass is 553 g/mol. The van der Waals surface area contributed by atoms with Crippen molar-refractivity contribution in [2.75, 3.05) is 4.90 Å². The Balaban J connectivity index is 1.29. The summed E-state index contributed by atoms with van der Waals surface area (Å²) >= 11 is 0. The molecule has 0 saturated heterocycles. The first-order valence-corrected chi connectivity index (χ1v) is 12.1. The maximum absolute atomic E-state index is 13.1. The van der Waals surface area contributed by atoms with Gasteiger partial charge in [-0.1, -0.05) is 18.2 Å². The smallest absolute Gasteiger partial charge is 0.338 e. The number of non-ortho nitro benzene ring substituents is 1. The molecule has 0 atom stereocenters. The lowest BCUT2D eigenvalue weighted by Crippen LogP contribution is -2.30. The molecular formula is C29H19N3O9. The molecule has 204 valence electrons. The summed E-state index contributed by atoms with van der Waals surface area (Å²) in [5, 5.41) is 22.4. The minimum Gasteiger partial charge on any atom is -0.457 e. The summed E-state index contributed by atoms with van der Waals surface area (Å²) in [6.45, 7) is 1.52. The number of fused-ring (bicyclic) bond motifs is 1. The van der Waals surface area contributed by atoms with Crippen molar-refractivity contribution < 1.29 is 33.7 Å². The van der Waals surface area contributed by atoms with Crippen LogP contribution < -0.4 is 9.64 Å². The highest BCUT2D eigenvalue weighted by Gasteiger charge is 2.40. The molecule has 1 aliphatic rings. The van der Waals surface area contributed by atoms with E-state index in [0.717, 1.165) is 4.90 Å². The van der Waals surface area contributed by atoms with Gasteiger partial charge in [-0.15, -0.1) is 0 Å². The molecule has 0 bridgehead atoms. The van der Waals surface area contributed by atoms with Crippen LogP contribution in [0.25, 0.3) is 0 Å². The van der Waals surface area contributed by atoms with Crippen LogP contribution in [0.4, 0.5) is 17.1 Å². The van der Waals surface area contributed by atoms with E-state index in [2.05, 4.69) is 0 Å². The van der Waals surface area contributed by atoms with Gasteiger partial charge in [-0.3, -0.25) is 29.8 Å². The molecule has 2 amide bonds. The highest BCUT2D eigenvalue weighted by Crippen LogP contribution is 2.35. The molecule has 1 heterocycles. The molecule has 0 fully saturated rings. The number of imide groups is 1. The van der Waals surface area contributed by atoms with Crippen molar-refractivity contribution in [3.63, 3.8) is 0 Å². The Morgan fingerprint density at radius 1 is 0.805 bits per heavy atom. The van der Waals surface area contributed by atoms with Gasteiger partial charge < -0.3 is 9.47 Å². The van der Waals surface area contributed by atoms with E-state index in [4.69, 9.17) is 9.47 Å². The van der Waals surface area contributed by atoms with Gasteiger partial charge in [-0.2, -0.15) is 0 Å². The summed E-state index contributed by atoms with van der Waals surface area (Å²) in [4.78, 5) is 60.9. The molecule has 0 aliphatic carbocycles. The number of benzene rings is 4. The molecular weight excluding hydrogens is 534 g/mol. The molecule has 4 aromatic carbocycles. The van der Waals surface area contributed by atoms with Gasteiger partial charge in [0, 0.05) is 18.2 Å². The number of rotatable bonds is 8. The predicted molar refractivity (Wildman–Crippen MR) is 144 cm³/mol. The number of amides is 2. The van der Waals surface area contributed by atoms with Crippen LogP contribution in [0.1, 0.15) is 42.2 Å².